The molecule has 0 spiro atoms. The van der Waals surface area contributed by atoms with Crippen molar-refractivity contribution in [3.63, 3.8) is 0 Å². The monoisotopic (exact) mass is 380 g/mol. The van der Waals surface area contributed by atoms with Crippen molar-refractivity contribution in [2.75, 3.05) is 11.1 Å². The number of furan rings is 1. The van der Waals surface area contributed by atoms with Gasteiger partial charge in [0.15, 0.2) is 11.7 Å². The summed E-state index contributed by atoms with van der Waals surface area (Å²) in [6.07, 6.45) is -3.39. The van der Waals surface area contributed by atoms with Crippen LogP contribution in [0.1, 0.15) is 17.4 Å². The number of aromatic nitrogens is 4. The normalized spacial score (nSPS) is 13.4. The number of benzene rings is 1. The molecule has 1 atom stereocenters. The van der Waals surface area contributed by atoms with Crippen molar-refractivity contribution in [1.82, 2.24) is 19.9 Å². The van der Waals surface area contributed by atoms with Crippen LogP contribution in [0, 0.1) is 12.7 Å². The van der Waals surface area contributed by atoms with E-state index in [1.54, 1.807) is 0 Å². The van der Waals surface area contributed by atoms with Crippen LogP contribution in [0.2, 0.25) is 0 Å². The Morgan fingerprint density at radius 1 is 1.26 bits per heavy atom. The number of nitrogens with two attached hydrogens (primary N) is 1. The lowest BCUT2D eigenvalue weighted by molar-refractivity contribution is -0.147. The fourth-order valence-electron chi connectivity index (χ4n) is 2.81. The third kappa shape index (κ3) is 3.00. The molecule has 11 heteroatoms. The Hall–Kier alpha value is -3.37. The molecule has 4 rings (SSSR count). The zero-order chi connectivity index (χ0) is 19.3. The van der Waals surface area contributed by atoms with Crippen molar-refractivity contribution in [1.29, 1.82) is 0 Å². The Bertz CT molecular complexity index is 1150. The number of halogens is 4. The molecule has 140 valence electrons. The Balaban J connectivity index is 1.78. The highest BCUT2D eigenvalue weighted by Crippen LogP contribution is 2.40. The SMILES string of the molecule is Cc1c(C(Nc2nc3nc(N)ncc3[nH]2)C(F)(F)F)oc2ccc(F)cc12. The third-order valence-corrected chi connectivity index (χ3v) is 4.06. The van der Waals surface area contributed by atoms with E-state index in [4.69, 9.17) is 10.2 Å². The summed E-state index contributed by atoms with van der Waals surface area (Å²) in [5, 5.41) is 2.54. The Morgan fingerprint density at radius 3 is 2.78 bits per heavy atom. The molecule has 1 aromatic carbocycles. The Morgan fingerprint density at radius 2 is 2.04 bits per heavy atom. The van der Waals surface area contributed by atoms with Gasteiger partial charge in [0.05, 0.1) is 6.20 Å². The van der Waals surface area contributed by atoms with Gasteiger partial charge in [0.2, 0.25) is 11.9 Å². The summed E-state index contributed by atoms with van der Waals surface area (Å²) in [5.41, 5.74) is 6.22. The first-order valence-electron chi connectivity index (χ1n) is 7.72. The molecule has 0 aliphatic rings. The molecular weight excluding hydrogens is 368 g/mol. The Kier molecular flexibility index (Phi) is 3.68. The smallest absolute Gasteiger partial charge is 0.415 e. The van der Waals surface area contributed by atoms with Crippen LogP contribution in [0.25, 0.3) is 22.1 Å². The van der Waals surface area contributed by atoms with Gasteiger partial charge in [-0.15, -0.1) is 0 Å². The minimum atomic E-state index is -4.71. The van der Waals surface area contributed by atoms with Crippen LogP contribution in [0.4, 0.5) is 29.5 Å². The van der Waals surface area contributed by atoms with E-state index >= 15 is 0 Å². The largest absolute Gasteiger partial charge is 0.458 e. The maximum atomic E-state index is 13.7. The van der Waals surface area contributed by atoms with Crippen molar-refractivity contribution in [2.45, 2.75) is 19.1 Å². The van der Waals surface area contributed by atoms with Crippen molar-refractivity contribution in [2.24, 2.45) is 0 Å². The van der Waals surface area contributed by atoms with Gasteiger partial charge in [0.1, 0.15) is 22.7 Å². The van der Waals surface area contributed by atoms with E-state index in [2.05, 4.69) is 25.3 Å². The molecule has 7 nitrogen and oxygen atoms in total. The van der Waals surface area contributed by atoms with Crippen LogP contribution in [0.15, 0.2) is 28.8 Å². The van der Waals surface area contributed by atoms with Gasteiger partial charge < -0.3 is 20.5 Å². The van der Waals surface area contributed by atoms with E-state index in [1.165, 1.54) is 19.2 Å². The number of aryl methyl sites for hydroxylation is 1. The predicted octanol–water partition coefficient (Wildman–Crippen LogP) is 3.84. The first kappa shape index (κ1) is 17.1. The first-order valence-corrected chi connectivity index (χ1v) is 7.72. The number of hydrogen-bond donors (Lipinski definition) is 3. The van der Waals surface area contributed by atoms with Crippen molar-refractivity contribution < 1.29 is 22.0 Å². The lowest BCUT2D eigenvalue weighted by atomic mass is 10.1. The number of nitrogen functional groups attached to an aromatic ring is 1. The van der Waals surface area contributed by atoms with E-state index in [0.29, 0.717) is 5.52 Å². The highest BCUT2D eigenvalue weighted by molar-refractivity contribution is 5.82. The van der Waals surface area contributed by atoms with Gasteiger partial charge in [-0.25, -0.2) is 9.37 Å². The molecule has 3 aromatic heterocycles. The average Bonchev–Trinajstić information content (AvgIpc) is 3.12. The second-order valence-electron chi connectivity index (χ2n) is 5.90. The molecule has 4 aromatic rings. The third-order valence-electron chi connectivity index (χ3n) is 4.06. The summed E-state index contributed by atoms with van der Waals surface area (Å²) in [5.74, 6) is -1.18. The van der Waals surface area contributed by atoms with E-state index in [0.717, 1.165) is 12.1 Å². The van der Waals surface area contributed by atoms with Crippen molar-refractivity contribution in [3.05, 3.63) is 41.5 Å². The zero-order valence-electron chi connectivity index (χ0n) is 13.7. The van der Waals surface area contributed by atoms with Crippen LogP contribution in [-0.2, 0) is 0 Å². The van der Waals surface area contributed by atoms with Crippen LogP contribution >= 0.6 is 0 Å². The molecule has 3 heterocycles. The number of alkyl halides is 3. The number of fused-ring (bicyclic) bond motifs is 2. The maximum absolute atomic E-state index is 13.7. The number of hydrogen-bond acceptors (Lipinski definition) is 6. The van der Waals surface area contributed by atoms with Crippen LogP contribution < -0.4 is 11.1 Å². The number of nitrogens with one attached hydrogen (secondary N) is 2. The maximum Gasteiger partial charge on any atom is 0.415 e. The van der Waals surface area contributed by atoms with Crippen molar-refractivity contribution >= 4 is 34.0 Å². The minimum absolute atomic E-state index is 0.0527. The second kappa shape index (κ2) is 5.83. The number of anilines is 2. The molecule has 0 radical (unpaired) electrons. The summed E-state index contributed by atoms with van der Waals surface area (Å²) in [7, 11) is 0. The fourth-order valence-corrected chi connectivity index (χ4v) is 2.81. The molecule has 4 N–H and O–H groups in total. The standard InChI is InChI=1S/C16H12F4N6O/c1-6-8-4-7(17)2-3-10(8)27-11(6)12(16(18,19)20)24-15-23-9-5-22-14(21)25-13(9)26-15/h2-5,12H,1H3,(H4,21,22,23,24,25,26). The lowest BCUT2D eigenvalue weighted by Gasteiger charge is -2.20. The van der Waals surface area contributed by atoms with E-state index < -0.39 is 18.0 Å². The Labute approximate surface area is 148 Å². The molecule has 0 aliphatic heterocycles. The highest BCUT2D eigenvalue weighted by atomic mass is 19.4. The highest BCUT2D eigenvalue weighted by Gasteiger charge is 2.45. The number of nitrogens with zero attached hydrogens (tertiary/aromatic N) is 3. The molecule has 0 saturated carbocycles. The number of aromatic amines is 1. The van der Waals surface area contributed by atoms with Crippen molar-refractivity contribution in [3.8, 4) is 0 Å². The molecule has 0 aliphatic carbocycles. The van der Waals surface area contributed by atoms with E-state index in [9.17, 15) is 17.6 Å². The molecule has 27 heavy (non-hydrogen) atoms. The summed E-state index contributed by atoms with van der Waals surface area (Å²) in [6, 6.07) is 1.32. The average molecular weight is 380 g/mol. The van der Waals surface area contributed by atoms with Gasteiger partial charge in [-0.05, 0) is 25.1 Å². The summed E-state index contributed by atoms with van der Waals surface area (Å²) < 4.78 is 59.9. The summed E-state index contributed by atoms with van der Waals surface area (Å²) in [6.45, 7) is 1.44. The van der Waals surface area contributed by atoms with E-state index in [-0.39, 0.29) is 39.8 Å². The zero-order valence-corrected chi connectivity index (χ0v) is 13.7. The molecular formula is C16H12F4N6O. The van der Waals surface area contributed by atoms with E-state index in [1.807, 2.05) is 0 Å². The van der Waals surface area contributed by atoms with Gasteiger partial charge >= 0.3 is 6.18 Å². The molecule has 1 unspecified atom stereocenters. The van der Waals surface area contributed by atoms with Gasteiger partial charge in [-0.3, -0.25) is 0 Å². The molecule has 0 saturated heterocycles. The molecule has 0 bridgehead atoms. The lowest BCUT2D eigenvalue weighted by Crippen LogP contribution is -2.28. The van der Waals surface area contributed by atoms with Crippen LogP contribution in [-0.4, -0.2) is 26.1 Å². The number of H-pyrrole nitrogens is 1. The van der Waals surface area contributed by atoms with Gasteiger partial charge in [-0.2, -0.15) is 23.1 Å². The second-order valence-corrected chi connectivity index (χ2v) is 5.90. The fraction of sp³-hybridized carbons (Fsp3) is 0.188. The minimum Gasteiger partial charge on any atom is -0.458 e. The first-order chi connectivity index (χ1) is 12.7. The number of imidazole rings is 1. The topological polar surface area (TPSA) is 106 Å². The van der Waals surface area contributed by atoms with Gasteiger partial charge in [-0.1, -0.05) is 0 Å². The summed E-state index contributed by atoms with van der Waals surface area (Å²) in [4.78, 5) is 14.2. The van der Waals surface area contributed by atoms with Gasteiger partial charge in [0.25, 0.3) is 0 Å². The van der Waals surface area contributed by atoms with Crippen LogP contribution in [0.5, 0.6) is 0 Å². The molecule has 0 fully saturated rings. The summed E-state index contributed by atoms with van der Waals surface area (Å²) >= 11 is 0. The molecule has 0 amide bonds. The number of rotatable bonds is 3. The predicted molar refractivity (Wildman–Crippen MR) is 89.4 cm³/mol. The van der Waals surface area contributed by atoms with Gasteiger partial charge in [0, 0.05) is 10.9 Å². The quantitative estimate of drug-likeness (QED) is 0.466. The van der Waals surface area contributed by atoms with Crippen LogP contribution in [0.3, 0.4) is 0 Å².